The van der Waals surface area contributed by atoms with Crippen molar-refractivity contribution in [3.05, 3.63) is 59.2 Å². The zero-order valence-corrected chi connectivity index (χ0v) is 15.1. The third kappa shape index (κ3) is 3.94. The maximum absolute atomic E-state index is 5.98. The van der Waals surface area contributed by atoms with Crippen LogP contribution in [0.4, 0.5) is 0 Å². The smallest absolute Gasteiger partial charge is 0.161 e. The molecule has 0 saturated heterocycles. The van der Waals surface area contributed by atoms with Crippen LogP contribution in [0.25, 0.3) is 11.3 Å². The molecule has 2 aromatic carbocycles. The Morgan fingerprint density at radius 3 is 2.67 bits per heavy atom. The number of methoxy groups -OCH3 is 1. The Labute approximate surface area is 149 Å². The molecular formula is C18H18BrN3O2. The number of halogens is 1. The molecule has 1 atom stereocenters. The minimum atomic E-state index is -0.0783. The summed E-state index contributed by atoms with van der Waals surface area (Å²) < 4.78 is 14.1. The van der Waals surface area contributed by atoms with Crippen LogP contribution in [-0.4, -0.2) is 28.2 Å². The van der Waals surface area contributed by atoms with Gasteiger partial charge in [0.25, 0.3) is 0 Å². The Balaban J connectivity index is 1.67. The number of hydrogen-bond acceptors (Lipinski definition) is 4. The summed E-state index contributed by atoms with van der Waals surface area (Å²) in [5, 5.41) is 8.40. The summed E-state index contributed by atoms with van der Waals surface area (Å²) in [5.41, 5.74) is 1.90. The fourth-order valence-electron chi connectivity index (χ4n) is 2.39. The van der Waals surface area contributed by atoms with Crippen LogP contribution < -0.4 is 9.47 Å². The van der Waals surface area contributed by atoms with E-state index in [2.05, 4.69) is 26.2 Å². The first-order chi connectivity index (χ1) is 11.7. The lowest BCUT2D eigenvalue weighted by Crippen LogP contribution is -2.20. The molecule has 1 heterocycles. The Morgan fingerprint density at radius 2 is 1.92 bits per heavy atom. The summed E-state index contributed by atoms with van der Waals surface area (Å²) in [6.07, 6.45) is 1.85. The molecule has 1 aromatic heterocycles. The quantitative estimate of drug-likeness (QED) is 0.636. The van der Waals surface area contributed by atoms with Crippen LogP contribution in [0.1, 0.15) is 6.92 Å². The SMILES string of the molecule is COc1cc(Br)ccc1O[C@H](C)Cn1cc(-c2ccccc2)nn1. The van der Waals surface area contributed by atoms with Crippen molar-refractivity contribution in [1.82, 2.24) is 15.0 Å². The molecule has 0 bridgehead atoms. The third-order valence-electron chi connectivity index (χ3n) is 3.51. The highest BCUT2D eigenvalue weighted by Crippen LogP contribution is 2.31. The molecule has 3 aromatic rings. The Bertz CT molecular complexity index is 805. The summed E-state index contributed by atoms with van der Waals surface area (Å²) in [4.78, 5) is 0. The van der Waals surface area contributed by atoms with E-state index in [0.29, 0.717) is 18.0 Å². The van der Waals surface area contributed by atoms with Gasteiger partial charge in [-0.3, -0.25) is 0 Å². The van der Waals surface area contributed by atoms with Crippen molar-refractivity contribution < 1.29 is 9.47 Å². The number of aromatic nitrogens is 3. The van der Waals surface area contributed by atoms with Gasteiger partial charge in [0.1, 0.15) is 11.8 Å². The molecule has 6 heteroatoms. The molecule has 0 amide bonds. The van der Waals surface area contributed by atoms with Crippen LogP contribution >= 0.6 is 15.9 Å². The number of ether oxygens (including phenoxy) is 2. The number of nitrogens with zero attached hydrogens (tertiary/aromatic N) is 3. The summed E-state index contributed by atoms with van der Waals surface area (Å²) in [7, 11) is 1.63. The summed E-state index contributed by atoms with van der Waals surface area (Å²) >= 11 is 3.42. The standard InChI is InChI=1S/C18H18BrN3O2/c1-13(24-17-9-8-15(19)10-18(17)23-2)11-22-12-16(20-21-22)14-6-4-3-5-7-14/h3-10,12-13H,11H2,1-2H3/t13-/m1/s1. The molecule has 0 saturated carbocycles. The molecule has 0 unspecified atom stereocenters. The minimum absolute atomic E-state index is 0.0783. The predicted molar refractivity (Wildman–Crippen MR) is 96.2 cm³/mol. The van der Waals surface area contributed by atoms with Gasteiger partial charge in [-0.05, 0) is 25.1 Å². The van der Waals surface area contributed by atoms with Crippen molar-refractivity contribution in [3.63, 3.8) is 0 Å². The molecule has 124 valence electrons. The lowest BCUT2D eigenvalue weighted by Gasteiger charge is -2.16. The molecule has 0 aliphatic heterocycles. The van der Waals surface area contributed by atoms with Gasteiger partial charge in [0, 0.05) is 10.0 Å². The topological polar surface area (TPSA) is 49.2 Å². The van der Waals surface area contributed by atoms with Gasteiger partial charge in [-0.2, -0.15) is 0 Å². The van der Waals surface area contributed by atoms with E-state index in [0.717, 1.165) is 15.7 Å². The normalized spacial score (nSPS) is 12.0. The summed E-state index contributed by atoms with van der Waals surface area (Å²) in [5.74, 6) is 1.40. The maximum Gasteiger partial charge on any atom is 0.161 e. The van der Waals surface area contributed by atoms with E-state index in [1.807, 2.05) is 61.7 Å². The van der Waals surface area contributed by atoms with Crippen molar-refractivity contribution in [2.75, 3.05) is 7.11 Å². The van der Waals surface area contributed by atoms with Crippen LogP contribution in [-0.2, 0) is 6.54 Å². The average Bonchev–Trinajstić information content (AvgIpc) is 3.05. The number of benzene rings is 2. The zero-order chi connectivity index (χ0) is 16.9. The van der Waals surface area contributed by atoms with Gasteiger partial charge < -0.3 is 9.47 Å². The Kier molecular flexibility index (Phi) is 5.15. The molecular weight excluding hydrogens is 370 g/mol. The van der Waals surface area contributed by atoms with E-state index < -0.39 is 0 Å². The fraction of sp³-hybridized carbons (Fsp3) is 0.222. The number of hydrogen-bond donors (Lipinski definition) is 0. The summed E-state index contributed by atoms with van der Waals surface area (Å²) in [6.45, 7) is 2.59. The van der Waals surface area contributed by atoms with Crippen molar-refractivity contribution in [3.8, 4) is 22.8 Å². The average molecular weight is 388 g/mol. The van der Waals surface area contributed by atoms with Crippen molar-refractivity contribution >= 4 is 15.9 Å². The van der Waals surface area contributed by atoms with E-state index in [-0.39, 0.29) is 6.10 Å². The molecule has 0 aliphatic carbocycles. The van der Waals surface area contributed by atoms with E-state index in [4.69, 9.17) is 9.47 Å². The zero-order valence-electron chi connectivity index (χ0n) is 13.5. The summed E-state index contributed by atoms with van der Waals surface area (Å²) in [6, 6.07) is 15.7. The predicted octanol–water partition coefficient (Wildman–Crippen LogP) is 4.18. The van der Waals surface area contributed by atoms with Crippen molar-refractivity contribution in [2.45, 2.75) is 19.6 Å². The molecule has 0 radical (unpaired) electrons. The van der Waals surface area contributed by atoms with E-state index in [1.165, 1.54) is 0 Å². The van der Waals surface area contributed by atoms with E-state index in [1.54, 1.807) is 11.8 Å². The van der Waals surface area contributed by atoms with Gasteiger partial charge in [0.15, 0.2) is 11.5 Å². The second-order valence-electron chi connectivity index (χ2n) is 5.42. The molecule has 0 N–H and O–H groups in total. The van der Waals surface area contributed by atoms with Crippen molar-refractivity contribution in [2.24, 2.45) is 0 Å². The largest absolute Gasteiger partial charge is 0.493 e. The van der Waals surface area contributed by atoms with Gasteiger partial charge >= 0.3 is 0 Å². The number of rotatable bonds is 6. The minimum Gasteiger partial charge on any atom is -0.493 e. The van der Waals surface area contributed by atoms with Crippen LogP contribution in [0.2, 0.25) is 0 Å². The highest BCUT2D eigenvalue weighted by atomic mass is 79.9. The van der Waals surface area contributed by atoms with Crippen LogP contribution in [0.15, 0.2) is 59.2 Å². The first-order valence-corrected chi connectivity index (χ1v) is 8.41. The van der Waals surface area contributed by atoms with Crippen LogP contribution in [0.5, 0.6) is 11.5 Å². The third-order valence-corrected chi connectivity index (χ3v) is 4.00. The lowest BCUT2D eigenvalue weighted by atomic mass is 10.2. The van der Waals surface area contributed by atoms with Crippen LogP contribution in [0, 0.1) is 0 Å². The Morgan fingerprint density at radius 1 is 1.12 bits per heavy atom. The van der Waals surface area contributed by atoms with Crippen LogP contribution in [0.3, 0.4) is 0 Å². The second-order valence-corrected chi connectivity index (χ2v) is 6.33. The van der Waals surface area contributed by atoms with Gasteiger partial charge in [-0.1, -0.05) is 51.5 Å². The van der Waals surface area contributed by atoms with Gasteiger partial charge in [0.05, 0.1) is 19.9 Å². The van der Waals surface area contributed by atoms with Crippen molar-refractivity contribution in [1.29, 1.82) is 0 Å². The fourth-order valence-corrected chi connectivity index (χ4v) is 2.73. The molecule has 5 nitrogen and oxygen atoms in total. The highest BCUT2D eigenvalue weighted by molar-refractivity contribution is 9.10. The van der Waals surface area contributed by atoms with E-state index >= 15 is 0 Å². The second kappa shape index (κ2) is 7.49. The van der Waals surface area contributed by atoms with Gasteiger partial charge in [0.2, 0.25) is 0 Å². The van der Waals surface area contributed by atoms with E-state index in [9.17, 15) is 0 Å². The molecule has 24 heavy (non-hydrogen) atoms. The first-order valence-electron chi connectivity index (χ1n) is 7.61. The monoisotopic (exact) mass is 387 g/mol. The Hall–Kier alpha value is -2.34. The van der Waals surface area contributed by atoms with Gasteiger partial charge in [-0.15, -0.1) is 5.10 Å². The molecule has 0 spiro atoms. The molecule has 3 rings (SSSR count). The maximum atomic E-state index is 5.98. The molecule has 0 fully saturated rings. The highest BCUT2D eigenvalue weighted by Gasteiger charge is 2.12. The molecule has 0 aliphatic rings. The first kappa shape index (κ1) is 16.5. The van der Waals surface area contributed by atoms with Gasteiger partial charge in [-0.25, -0.2) is 4.68 Å². The lowest BCUT2D eigenvalue weighted by molar-refractivity contribution is 0.185.